The van der Waals surface area contributed by atoms with Crippen molar-refractivity contribution in [1.82, 2.24) is 5.32 Å². The number of ether oxygens (including phenoxy) is 2. The van der Waals surface area contributed by atoms with E-state index >= 15 is 0 Å². The summed E-state index contributed by atoms with van der Waals surface area (Å²) in [7, 11) is 2.97. The van der Waals surface area contributed by atoms with E-state index in [9.17, 15) is 4.79 Å². The Morgan fingerprint density at radius 2 is 2.38 bits per heavy atom. The average Bonchev–Trinajstić information content (AvgIpc) is 2.31. The van der Waals surface area contributed by atoms with Crippen LogP contribution >= 0.6 is 0 Å². The largest absolute Gasteiger partial charge is 0.497 e. The van der Waals surface area contributed by atoms with E-state index < -0.39 is 6.09 Å². The highest BCUT2D eigenvalue weighted by molar-refractivity contribution is 5.68. The Bertz CT molecular complexity index is 413. The quantitative estimate of drug-likeness (QED) is 0.717. The van der Waals surface area contributed by atoms with Crippen molar-refractivity contribution in [2.45, 2.75) is 6.42 Å². The molecule has 1 N–H and O–H groups in total. The molecule has 5 nitrogen and oxygen atoms in total. The number of allylic oxidation sites excluding steroid dienone is 4. The molecule has 0 saturated carbocycles. The normalized spacial score (nSPS) is 16.9. The van der Waals surface area contributed by atoms with Crippen LogP contribution in [0.1, 0.15) is 6.42 Å². The van der Waals surface area contributed by atoms with E-state index in [1.54, 1.807) is 12.2 Å². The molecule has 0 heterocycles. The van der Waals surface area contributed by atoms with Crippen molar-refractivity contribution in [3.63, 3.8) is 0 Å². The number of rotatable bonds is 2. The maximum atomic E-state index is 11.0. The molecule has 1 aliphatic carbocycles. The highest BCUT2D eigenvalue weighted by Gasteiger charge is 2.15. The zero-order valence-corrected chi connectivity index (χ0v) is 9.11. The number of hydrogen-bond acceptors (Lipinski definition) is 4. The van der Waals surface area contributed by atoms with Crippen LogP contribution in [0.4, 0.5) is 4.79 Å². The van der Waals surface area contributed by atoms with Crippen molar-refractivity contribution in [3.05, 3.63) is 35.3 Å². The Morgan fingerprint density at radius 1 is 1.62 bits per heavy atom. The van der Waals surface area contributed by atoms with Crippen molar-refractivity contribution < 1.29 is 14.3 Å². The van der Waals surface area contributed by atoms with Crippen LogP contribution in [0.15, 0.2) is 35.3 Å². The second kappa shape index (κ2) is 5.61. The van der Waals surface area contributed by atoms with Crippen LogP contribution in [-0.2, 0) is 9.47 Å². The zero-order valence-electron chi connectivity index (χ0n) is 9.11. The minimum Gasteiger partial charge on any atom is -0.497 e. The summed E-state index contributed by atoms with van der Waals surface area (Å²) in [6.45, 7) is 0. The monoisotopic (exact) mass is 220 g/mol. The third kappa shape index (κ3) is 2.89. The van der Waals surface area contributed by atoms with Gasteiger partial charge in [0.2, 0.25) is 0 Å². The van der Waals surface area contributed by atoms with E-state index in [1.165, 1.54) is 20.2 Å². The summed E-state index contributed by atoms with van der Waals surface area (Å²) in [5, 5.41) is 10.9. The molecule has 0 unspecified atom stereocenters. The smallest absolute Gasteiger partial charge is 0.412 e. The molecular weight excluding hydrogens is 208 g/mol. The van der Waals surface area contributed by atoms with Gasteiger partial charge in [0.05, 0.1) is 13.2 Å². The minimum atomic E-state index is -0.554. The van der Waals surface area contributed by atoms with Gasteiger partial charge in [0.1, 0.15) is 5.76 Å². The molecule has 0 aliphatic heterocycles. The van der Waals surface area contributed by atoms with E-state index in [2.05, 4.69) is 5.32 Å². The summed E-state index contributed by atoms with van der Waals surface area (Å²) in [5.74, 6) is 0.879. The molecule has 84 valence electrons. The molecule has 0 atom stereocenters. The van der Waals surface area contributed by atoms with Crippen molar-refractivity contribution in [1.29, 1.82) is 5.26 Å². The second-order valence-electron chi connectivity index (χ2n) is 2.99. The molecule has 0 radical (unpaired) electrons. The van der Waals surface area contributed by atoms with Crippen LogP contribution < -0.4 is 5.32 Å². The van der Waals surface area contributed by atoms with Crippen molar-refractivity contribution in [2.75, 3.05) is 14.2 Å². The average molecular weight is 220 g/mol. The van der Waals surface area contributed by atoms with Crippen LogP contribution in [0.2, 0.25) is 0 Å². The topological polar surface area (TPSA) is 71.3 Å². The molecule has 16 heavy (non-hydrogen) atoms. The lowest BCUT2D eigenvalue weighted by Gasteiger charge is -2.15. The first-order valence-electron chi connectivity index (χ1n) is 4.64. The summed E-state index contributed by atoms with van der Waals surface area (Å²) in [5.41, 5.74) is 0.809. The Labute approximate surface area is 93.6 Å². The fourth-order valence-corrected chi connectivity index (χ4v) is 1.20. The summed E-state index contributed by atoms with van der Waals surface area (Å²) < 4.78 is 10.1. The molecule has 5 heteroatoms. The van der Waals surface area contributed by atoms with Gasteiger partial charge in [-0.05, 0) is 11.6 Å². The van der Waals surface area contributed by atoms with Gasteiger partial charge in [0.15, 0.2) is 5.76 Å². The van der Waals surface area contributed by atoms with E-state index in [4.69, 9.17) is 14.7 Å². The summed E-state index contributed by atoms with van der Waals surface area (Å²) in [6, 6.07) is 1.94. The molecular formula is C11H12N2O3. The molecule has 0 saturated heterocycles. The molecule has 1 amide bonds. The SMILES string of the molecule is CNC(=O)OC1=C(OC)CC(=CC#N)C=C1. The number of carbonyl (C=O) groups is 1. The van der Waals surface area contributed by atoms with Gasteiger partial charge in [0.25, 0.3) is 0 Å². The first-order valence-corrected chi connectivity index (χ1v) is 4.64. The Hall–Kier alpha value is -2.22. The van der Waals surface area contributed by atoms with Gasteiger partial charge in [0, 0.05) is 19.5 Å². The van der Waals surface area contributed by atoms with Crippen LogP contribution in [0.5, 0.6) is 0 Å². The minimum absolute atomic E-state index is 0.358. The van der Waals surface area contributed by atoms with Gasteiger partial charge in [-0.25, -0.2) is 4.79 Å². The van der Waals surface area contributed by atoms with Gasteiger partial charge >= 0.3 is 6.09 Å². The standard InChI is InChI=1S/C11H12N2O3/c1-13-11(14)16-9-4-3-8(5-6-12)7-10(9)15-2/h3-5H,7H2,1-2H3,(H,13,14). The Balaban J connectivity index is 2.85. The summed E-state index contributed by atoms with van der Waals surface area (Å²) in [4.78, 5) is 11.0. The van der Waals surface area contributed by atoms with E-state index in [1.807, 2.05) is 6.07 Å². The van der Waals surface area contributed by atoms with Gasteiger partial charge in [-0.1, -0.05) is 6.08 Å². The van der Waals surface area contributed by atoms with E-state index in [-0.39, 0.29) is 0 Å². The van der Waals surface area contributed by atoms with Crippen molar-refractivity contribution >= 4 is 6.09 Å². The number of hydrogen-bond donors (Lipinski definition) is 1. The molecule has 0 aromatic carbocycles. The third-order valence-electron chi connectivity index (χ3n) is 1.99. The number of nitrogens with zero attached hydrogens (tertiary/aromatic N) is 1. The molecule has 0 aromatic rings. The number of carbonyl (C=O) groups excluding carboxylic acids is 1. The van der Waals surface area contributed by atoms with Crippen LogP contribution in [-0.4, -0.2) is 20.3 Å². The lowest BCUT2D eigenvalue weighted by molar-refractivity contribution is 0.170. The number of alkyl carbamates (subject to hydrolysis) is 1. The molecule has 0 spiro atoms. The number of nitriles is 1. The van der Waals surface area contributed by atoms with Crippen molar-refractivity contribution in [2.24, 2.45) is 0 Å². The van der Waals surface area contributed by atoms with E-state index in [0.717, 1.165) is 5.57 Å². The molecule has 1 rings (SSSR count). The maximum absolute atomic E-state index is 11.0. The highest BCUT2D eigenvalue weighted by atomic mass is 16.6. The van der Waals surface area contributed by atoms with Crippen LogP contribution in [0.25, 0.3) is 0 Å². The first-order chi connectivity index (χ1) is 7.71. The lowest BCUT2D eigenvalue weighted by atomic mass is 10.1. The number of nitrogens with one attached hydrogen (secondary N) is 1. The molecule has 0 aromatic heterocycles. The predicted octanol–water partition coefficient (Wildman–Crippen LogP) is 1.61. The van der Waals surface area contributed by atoms with Crippen LogP contribution in [0, 0.1) is 11.3 Å². The second-order valence-corrected chi connectivity index (χ2v) is 2.99. The number of methoxy groups -OCH3 is 1. The molecule has 0 bridgehead atoms. The van der Waals surface area contributed by atoms with Gasteiger partial charge in [-0.2, -0.15) is 5.26 Å². The van der Waals surface area contributed by atoms with Gasteiger partial charge in [-0.3, -0.25) is 0 Å². The maximum Gasteiger partial charge on any atom is 0.412 e. The first kappa shape index (κ1) is 11.9. The Morgan fingerprint density at radius 3 is 2.94 bits per heavy atom. The third-order valence-corrected chi connectivity index (χ3v) is 1.99. The van der Waals surface area contributed by atoms with Gasteiger partial charge < -0.3 is 14.8 Å². The van der Waals surface area contributed by atoms with Crippen molar-refractivity contribution in [3.8, 4) is 6.07 Å². The summed E-state index contributed by atoms with van der Waals surface area (Å²) in [6.07, 6.45) is 4.62. The fraction of sp³-hybridized carbons (Fsp3) is 0.273. The molecule has 0 fully saturated rings. The fourth-order valence-electron chi connectivity index (χ4n) is 1.20. The number of amides is 1. The van der Waals surface area contributed by atoms with E-state index in [0.29, 0.717) is 17.9 Å². The highest BCUT2D eigenvalue weighted by Crippen LogP contribution is 2.24. The molecule has 1 aliphatic rings. The van der Waals surface area contributed by atoms with Crippen LogP contribution in [0.3, 0.4) is 0 Å². The summed E-state index contributed by atoms with van der Waals surface area (Å²) >= 11 is 0. The van der Waals surface area contributed by atoms with Gasteiger partial charge in [-0.15, -0.1) is 0 Å². The lowest BCUT2D eigenvalue weighted by Crippen LogP contribution is -2.20. The zero-order chi connectivity index (χ0) is 12.0. The predicted molar refractivity (Wildman–Crippen MR) is 57.0 cm³/mol. The Kier molecular flexibility index (Phi) is 4.16.